The Morgan fingerprint density at radius 1 is 1.03 bits per heavy atom. The van der Waals surface area contributed by atoms with Crippen molar-refractivity contribution in [1.29, 1.82) is 0 Å². The number of amides is 1. The molecule has 0 fully saturated rings. The van der Waals surface area contributed by atoms with Gasteiger partial charge in [0, 0.05) is 13.1 Å². The number of methoxy groups -OCH3 is 1. The van der Waals surface area contributed by atoms with Gasteiger partial charge in [-0.2, -0.15) is 0 Å². The highest BCUT2D eigenvalue weighted by Crippen LogP contribution is 2.28. The van der Waals surface area contributed by atoms with Crippen LogP contribution < -0.4 is 25.4 Å². The van der Waals surface area contributed by atoms with Gasteiger partial charge in [0.2, 0.25) is 0 Å². The molecule has 30 heavy (non-hydrogen) atoms. The lowest BCUT2D eigenvalue weighted by atomic mass is 10.1. The molecule has 0 saturated carbocycles. The number of carbonyl (C=O) groups is 1. The first-order valence-electron chi connectivity index (χ1n) is 10.2. The second-order valence-electron chi connectivity index (χ2n) is 6.70. The van der Waals surface area contributed by atoms with E-state index in [1.54, 1.807) is 13.2 Å². The van der Waals surface area contributed by atoms with Gasteiger partial charge in [0.1, 0.15) is 0 Å². The van der Waals surface area contributed by atoms with Crippen LogP contribution in [0.3, 0.4) is 0 Å². The van der Waals surface area contributed by atoms with E-state index in [0.717, 1.165) is 18.1 Å². The zero-order chi connectivity index (χ0) is 21.8. The summed E-state index contributed by atoms with van der Waals surface area (Å²) in [6.45, 7) is 7.77. The van der Waals surface area contributed by atoms with Crippen LogP contribution in [0.4, 0.5) is 0 Å². The van der Waals surface area contributed by atoms with Crippen LogP contribution >= 0.6 is 0 Å². The van der Waals surface area contributed by atoms with E-state index in [-0.39, 0.29) is 18.6 Å². The van der Waals surface area contributed by atoms with Crippen molar-refractivity contribution in [2.45, 2.75) is 33.4 Å². The molecular formula is C23H32N4O3. The van der Waals surface area contributed by atoms with Crippen LogP contribution in [-0.2, 0) is 11.3 Å². The normalized spacial score (nSPS) is 12.1. The lowest BCUT2D eigenvalue weighted by Gasteiger charge is -2.18. The highest BCUT2D eigenvalue weighted by atomic mass is 16.5. The Morgan fingerprint density at radius 3 is 2.43 bits per heavy atom. The van der Waals surface area contributed by atoms with Crippen molar-refractivity contribution in [3.63, 3.8) is 0 Å². The number of rotatable bonds is 10. The molecule has 0 spiro atoms. The van der Waals surface area contributed by atoms with Crippen LogP contribution in [0, 0.1) is 0 Å². The molecule has 7 nitrogen and oxygen atoms in total. The predicted octanol–water partition coefficient (Wildman–Crippen LogP) is 3.03. The van der Waals surface area contributed by atoms with Crippen molar-refractivity contribution in [3.05, 3.63) is 59.7 Å². The smallest absolute Gasteiger partial charge is 0.257 e. The van der Waals surface area contributed by atoms with E-state index in [9.17, 15) is 4.79 Å². The fraction of sp³-hybridized carbons (Fsp3) is 0.391. The minimum Gasteiger partial charge on any atom is -0.493 e. The number of likely N-dealkylation sites (N-methyl/N-ethyl adjacent to an activating group) is 1. The number of aliphatic imine (C=N–C) groups is 1. The molecule has 2 rings (SSSR count). The number of nitrogens with one attached hydrogen (secondary N) is 3. The van der Waals surface area contributed by atoms with E-state index in [1.807, 2.05) is 44.2 Å². The van der Waals surface area contributed by atoms with Gasteiger partial charge in [-0.3, -0.25) is 4.79 Å². The topological polar surface area (TPSA) is 84.0 Å². The molecule has 0 saturated heterocycles. The number of nitrogens with zero attached hydrogens (tertiary/aromatic N) is 1. The summed E-state index contributed by atoms with van der Waals surface area (Å²) >= 11 is 0. The molecule has 1 atom stereocenters. The molecule has 0 aromatic heterocycles. The van der Waals surface area contributed by atoms with Crippen molar-refractivity contribution in [2.75, 3.05) is 26.8 Å². The van der Waals surface area contributed by atoms with Crippen molar-refractivity contribution < 1.29 is 14.3 Å². The Hall–Kier alpha value is -3.22. The average Bonchev–Trinajstić information content (AvgIpc) is 2.77. The lowest BCUT2D eigenvalue weighted by molar-refractivity contribution is -0.123. The second kappa shape index (κ2) is 12.4. The number of ether oxygens (including phenoxy) is 2. The van der Waals surface area contributed by atoms with E-state index in [4.69, 9.17) is 9.47 Å². The number of hydrogen-bond donors (Lipinski definition) is 3. The standard InChI is InChI=1S/C23H32N4O3/c1-5-24-22(28)16-30-20-13-12-18(14-21(20)29-4)15-26-23(25-6-2)27-17(3)19-10-8-7-9-11-19/h7-14,17H,5-6,15-16H2,1-4H3,(H,24,28)(H2,25,26,27). The van der Waals surface area contributed by atoms with Crippen LogP contribution in [0.25, 0.3) is 0 Å². The molecular weight excluding hydrogens is 380 g/mol. The van der Waals surface area contributed by atoms with E-state index >= 15 is 0 Å². The molecule has 0 aliphatic carbocycles. The number of carbonyl (C=O) groups excluding carboxylic acids is 1. The maximum Gasteiger partial charge on any atom is 0.257 e. The van der Waals surface area contributed by atoms with Gasteiger partial charge >= 0.3 is 0 Å². The number of guanidine groups is 1. The Balaban J connectivity index is 2.04. The highest BCUT2D eigenvalue weighted by molar-refractivity contribution is 5.80. The quantitative estimate of drug-likeness (QED) is 0.413. The van der Waals surface area contributed by atoms with Gasteiger partial charge < -0.3 is 25.4 Å². The summed E-state index contributed by atoms with van der Waals surface area (Å²) in [5.74, 6) is 1.67. The van der Waals surface area contributed by atoms with Crippen LogP contribution in [0.2, 0.25) is 0 Å². The molecule has 2 aromatic carbocycles. The minimum absolute atomic E-state index is 0.0481. The van der Waals surface area contributed by atoms with Gasteiger partial charge in [0.15, 0.2) is 24.1 Å². The Bertz CT molecular complexity index is 824. The van der Waals surface area contributed by atoms with E-state index in [1.165, 1.54) is 5.56 Å². The molecule has 0 aliphatic heterocycles. The predicted molar refractivity (Wildman–Crippen MR) is 120 cm³/mol. The monoisotopic (exact) mass is 412 g/mol. The first-order chi connectivity index (χ1) is 14.6. The highest BCUT2D eigenvalue weighted by Gasteiger charge is 2.10. The van der Waals surface area contributed by atoms with Crippen molar-refractivity contribution in [1.82, 2.24) is 16.0 Å². The van der Waals surface area contributed by atoms with Crippen molar-refractivity contribution in [2.24, 2.45) is 4.99 Å². The van der Waals surface area contributed by atoms with E-state index in [0.29, 0.717) is 24.6 Å². The average molecular weight is 413 g/mol. The van der Waals surface area contributed by atoms with Gasteiger partial charge in [-0.1, -0.05) is 36.4 Å². The molecule has 0 heterocycles. The summed E-state index contributed by atoms with van der Waals surface area (Å²) in [6, 6.07) is 16.0. The molecule has 7 heteroatoms. The zero-order valence-corrected chi connectivity index (χ0v) is 18.2. The van der Waals surface area contributed by atoms with Gasteiger partial charge in [0.05, 0.1) is 19.7 Å². The summed E-state index contributed by atoms with van der Waals surface area (Å²) in [6.07, 6.45) is 0. The van der Waals surface area contributed by atoms with Crippen LogP contribution in [0.1, 0.15) is 37.9 Å². The number of benzene rings is 2. The summed E-state index contributed by atoms with van der Waals surface area (Å²) < 4.78 is 11.0. The third-order valence-electron chi connectivity index (χ3n) is 4.38. The molecule has 0 bridgehead atoms. The Kier molecular flexibility index (Phi) is 9.51. The zero-order valence-electron chi connectivity index (χ0n) is 18.2. The summed E-state index contributed by atoms with van der Waals surface area (Å²) in [5.41, 5.74) is 2.17. The first kappa shape index (κ1) is 23.1. The molecule has 3 N–H and O–H groups in total. The lowest BCUT2D eigenvalue weighted by Crippen LogP contribution is -2.38. The largest absolute Gasteiger partial charge is 0.493 e. The van der Waals surface area contributed by atoms with Crippen molar-refractivity contribution in [3.8, 4) is 11.5 Å². The fourth-order valence-corrected chi connectivity index (χ4v) is 2.84. The number of hydrogen-bond acceptors (Lipinski definition) is 4. The van der Waals surface area contributed by atoms with Crippen LogP contribution in [-0.4, -0.2) is 38.7 Å². The van der Waals surface area contributed by atoms with Crippen molar-refractivity contribution >= 4 is 11.9 Å². The SMILES string of the molecule is CCNC(=O)COc1ccc(CN=C(NCC)NC(C)c2ccccc2)cc1OC. The maximum absolute atomic E-state index is 11.6. The van der Waals surface area contributed by atoms with Gasteiger partial charge in [-0.25, -0.2) is 4.99 Å². The first-order valence-corrected chi connectivity index (χ1v) is 10.2. The summed E-state index contributed by atoms with van der Waals surface area (Å²) in [7, 11) is 1.58. The molecule has 2 aromatic rings. The maximum atomic E-state index is 11.6. The van der Waals surface area contributed by atoms with Crippen LogP contribution in [0.15, 0.2) is 53.5 Å². The molecule has 0 aliphatic rings. The third kappa shape index (κ3) is 7.31. The third-order valence-corrected chi connectivity index (χ3v) is 4.38. The summed E-state index contributed by atoms with van der Waals surface area (Å²) in [5, 5.41) is 9.40. The molecule has 1 unspecified atom stereocenters. The van der Waals surface area contributed by atoms with E-state index < -0.39 is 0 Å². The minimum atomic E-state index is -0.165. The van der Waals surface area contributed by atoms with E-state index in [2.05, 4.69) is 40.0 Å². The molecule has 1 amide bonds. The van der Waals surface area contributed by atoms with Gasteiger partial charge in [-0.05, 0) is 44.0 Å². The summed E-state index contributed by atoms with van der Waals surface area (Å²) in [4.78, 5) is 16.3. The Labute approximate surface area is 178 Å². The molecule has 162 valence electrons. The Morgan fingerprint density at radius 2 is 1.77 bits per heavy atom. The second-order valence-corrected chi connectivity index (χ2v) is 6.70. The fourth-order valence-electron chi connectivity index (χ4n) is 2.84. The van der Waals surface area contributed by atoms with Crippen LogP contribution in [0.5, 0.6) is 11.5 Å². The van der Waals surface area contributed by atoms with Gasteiger partial charge in [-0.15, -0.1) is 0 Å². The van der Waals surface area contributed by atoms with Gasteiger partial charge in [0.25, 0.3) is 5.91 Å². The molecule has 0 radical (unpaired) electrons.